The Morgan fingerprint density at radius 3 is 1.74 bits per heavy atom. The van der Waals surface area contributed by atoms with Gasteiger partial charge in [0.25, 0.3) is 0 Å². The minimum absolute atomic E-state index is 0.950. The van der Waals surface area contributed by atoms with Gasteiger partial charge in [-0.2, -0.15) is 0 Å². The average molecular weight is 486 g/mol. The first-order valence-corrected chi connectivity index (χ1v) is 12.9. The summed E-state index contributed by atoms with van der Waals surface area (Å²) >= 11 is 0. The number of aromatic nitrogens is 3. The molecule has 0 spiro atoms. The van der Waals surface area contributed by atoms with E-state index >= 15 is 0 Å². The van der Waals surface area contributed by atoms with E-state index in [1.54, 1.807) is 0 Å². The van der Waals surface area contributed by atoms with Gasteiger partial charge in [-0.3, -0.25) is 4.57 Å². The Labute approximate surface area is 219 Å². The van der Waals surface area contributed by atoms with Gasteiger partial charge >= 0.3 is 0 Å². The van der Waals surface area contributed by atoms with E-state index in [2.05, 4.69) is 143 Å². The minimum atomic E-state index is 0.950. The third-order valence-corrected chi connectivity index (χ3v) is 7.46. The van der Waals surface area contributed by atoms with Crippen LogP contribution >= 0.6 is 0 Å². The zero-order valence-electron chi connectivity index (χ0n) is 20.6. The van der Waals surface area contributed by atoms with Gasteiger partial charge in [0.1, 0.15) is 5.82 Å². The predicted octanol–water partition coefficient (Wildman–Crippen LogP) is 8.94. The highest BCUT2D eigenvalue weighted by Gasteiger charge is 2.17. The molecule has 0 atom stereocenters. The van der Waals surface area contributed by atoms with Crippen LogP contribution in [0.4, 0.5) is 0 Å². The molecule has 178 valence electrons. The summed E-state index contributed by atoms with van der Waals surface area (Å²) < 4.78 is 4.65. The van der Waals surface area contributed by atoms with Crippen LogP contribution in [0.15, 0.2) is 140 Å². The van der Waals surface area contributed by atoms with Crippen molar-refractivity contribution in [2.24, 2.45) is 0 Å². The van der Waals surface area contributed by atoms with Gasteiger partial charge in [-0.1, -0.05) is 84.9 Å². The first-order valence-electron chi connectivity index (χ1n) is 12.9. The summed E-state index contributed by atoms with van der Waals surface area (Å²) in [5.41, 5.74) is 7.88. The van der Waals surface area contributed by atoms with Crippen LogP contribution in [0.5, 0.6) is 0 Å². The van der Waals surface area contributed by atoms with Gasteiger partial charge in [-0.05, 0) is 65.4 Å². The molecule has 3 nitrogen and oxygen atoms in total. The second-order valence-electron chi connectivity index (χ2n) is 9.72. The standard InChI is InChI=1S/C35H23N3/c1-4-12-24(13-5-1)35-36-31-21-26-22-33-30(20-25(26)23-34(31)38(35)28-16-8-3-9-17-28)29-18-10-11-19-32(29)37(33)27-14-6-2-7-15-27/h1-23H. The quantitative estimate of drug-likeness (QED) is 0.245. The van der Waals surface area contributed by atoms with Crippen molar-refractivity contribution in [2.45, 2.75) is 0 Å². The van der Waals surface area contributed by atoms with E-state index in [1.165, 1.54) is 38.3 Å². The Morgan fingerprint density at radius 1 is 0.421 bits per heavy atom. The molecule has 3 heteroatoms. The molecule has 0 unspecified atom stereocenters. The number of imidazole rings is 1. The minimum Gasteiger partial charge on any atom is -0.309 e. The molecule has 8 rings (SSSR count). The average Bonchev–Trinajstić information content (AvgIpc) is 3.51. The van der Waals surface area contributed by atoms with E-state index in [4.69, 9.17) is 4.98 Å². The highest BCUT2D eigenvalue weighted by atomic mass is 15.1. The Balaban J connectivity index is 1.47. The maximum Gasteiger partial charge on any atom is 0.145 e. The van der Waals surface area contributed by atoms with E-state index < -0.39 is 0 Å². The molecule has 0 amide bonds. The van der Waals surface area contributed by atoms with Crippen molar-refractivity contribution in [1.82, 2.24) is 14.1 Å². The number of para-hydroxylation sites is 3. The molecule has 6 aromatic carbocycles. The van der Waals surface area contributed by atoms with Gasteiger partial charge in [0.15, 0.2) is 0 Å². The molecule has 0 N–H and O–H groups in total. The first-order chi connectivity index (χ1) is 18.8. The fourth-order valence-corrected chi connectivity index (χ4v) is 5.76. The second kappa shape index (κ2) is 8.19. The molecule has 0 saturated heterocycles. The van der Waals surface area contributed by atoms with Gasteiger partial charge in [-0.25, -0.2) is 4.98 Å². The molecule has 0 aliphatic heterocycles. The number of hydrogen-bond acceptors (Lipinski definition) is 1. The maximum absolute atomic E-state index is 5.17. The van der Waals surface area contributed by atoms with Crippen LogP contribution in [0.3, 0.4) is 0 Å². The van der Waals surface area contributed by atoms with Crippen molar-refractivity contribution in [3.63, 3.8) is 0 Å². The van der Waals surface area contributed by atoms with Crippen LogP contribution in [-0.4, -0.2) is 14.1 Å². The van der Waals surface area contributed by atoms with Gasteiger partial charge in [-0.15, -0.1) is 0 Å². The van der Waals surface area contributed by atoms with Crippen LogP contribution in [0, 0.1) is 0 Å². The Bertz CT molecular complexity index is 2100. The highest BCUT2D eigenvalue weighted by molar-refractivity contribution is 6.14. The predicted molar refractivity (Wildman–Crippen MR) is 158 cm³/mol. The lowest BCUT2D eigenvalue weighted by Gasteiger charge is -2.10. The third-order valence-electron chi connectivity index (χ3n) is 7.46. The van der Waals surface area contributed by atoms with E-state index in [0.29, 0.717) is 0 Å². The van der Waals surface area contributed by atoms with Crippen molar-refractivity contribution in [1.29, 1.82) is 0 Å². The lowest BCUT2D eigenvalue weighted by molar-refractivity contribution is 1.10. The van der Waals surface area contributed by atoms with Crippen LogP contribution in [0.2, 0.25) is 0 Å². The normalized spacial score (nSPS) is 11.7. The van der Waals surface area contributed by atoms with Crippen LogP contribution in [0.25, 0.3) is 66.4 Å². The third kappa shape index (κ3) is 3.12. The van der Waals surface area contributed by atoms with Gasteiger partial charge in [0.05, 0.1) is 22.1 Å². The Hall–Kier alpha value is -5.15. The topological polar surface area (TPSA) is 22.8 Å². The molecule has 2 heterocycles. The van der Waals surface area contributed by atoms with E-state index in [1.807, 2.05) is 6.07 Å². The summed E-state index contributed by atoms with van der Waals surface area (Å²) in [4.78, 5) is 5.17. The molecular formula is C35H23N3. The van der Waals surface area contributed by atoms with Crippen LogP contribution < -0.4 is 0 Å². The van der Waals surface area contributed by atoms with Gasteiger partial charge in [0.2, 0.25) is 0 Å². The molecule has 0 bridgehead atoms. The van der Waals surface area contributed by atoms with E-state index in [9.17, 15) is 0 Å². The number of benzene rings is 6. The fourth-order valence-electron chi connectivity index (χ4n) is 5.76. The number of fused-ring (bicyclic) bond motifs is 5. The molecule has 0 aliphatic rings. The molecule has 38 heavy (non-hydrogen) atoms. The summed E-state index contributed by atoms with van der Waals surface area (Å²) in [5.74, 6) is 0.950. The molecule has 0 radical (unpaired) electrons. The molecule has 0 fully saturated rings. The summed E-state index contributed by atoms with van der Waals surface area (Å²) in [6.45, 7) is 0. The molecule has 0 aliphatic carbocycles. The monoisotopic (exact) mass is 485 g/mol. The van der Waals surface area contributed by atoms with Gasteiger partial charge < -0.3 is 4.57 Å². The maximum atomic E-state index is 5.17. The molecule has 8 aromatic rings. The number of nitrogens with zero attached hydrogens (tertiary/aromatic N) is 3. The zero-order chi connectivity index (χ0) is 25.1. The molecule has 2 aromatic heterocycles. The largest absolute Gasteiger partial charge is 0.309 e. The summed E-state index contributed by atoms with van der Waals surface area (Å²) in [6.07, 6.45) is 0. The second-order valence-corrected chi connectivity index (χ2v) is 9.72. The fraction of sp³-hybridized carbons (Fsp3) is 0. The van der Waals surface area contributed by atoms with Crippen LogP contribution in [0.1, 0.15) is 0 Å². The first kappa shape index (κ1) is 21.0. The summed E-state index contributed by atoms with van der Waals surface area (Å²) in [6, 6.07) is 49.4. The van der Waals surface area contributed by atoms with E-state index in [-0.39, 0.29) is 0 Å². The van der Waals surface area contributed by atoms with Gasteiger partial charge in [0, 0.05) is 27.7 Å². The Morgan fingerprint density at radius 2 is 1.00 bits per heavy atom. The lowest BCUT2D eigenvalue weighted by atomic mass is 10.0. The number of hydrogen-bond donors (Lipinski definition) is 0. The van der Waals surface area contributed by atoms with Crippen molar-refractivity contribution >= 4 is 43.6 Å². The van der Waals surface area contributed by atoms with Crippen molar-refractivity contribution < 1.29 is 0 Å². The number of rotatable bonds is 3. The summed E-state index contributed by atoms with van der Waals surface area (Å²) in [7, 11) is 0. The Kier molecular flexibility index (Phi) is 4.52. The molecular weight excluding hydrogens is 462 g/mol. The van der Waals surface area contributed by atoms with Crippen molar-refractivity contribution in [2.75, 3.05) is 0 Å². The highest BCUT2D eigenvalue weighted by Crippen LogP contribution is 2.37. The lowest BCUT2D eigenvalue weighted by Crippen LogP contribution is -1.97. The summed E-state index contributed by atoms with van der Waals surface area (Å²) in [5, 5.41) is 4.90. The zero-order valence-corrected chi connectivity index (χ0v) is 20.6. The van der Waals surface area contributed by atoms with Crippen molar-refractivity contribution in [3.8, 4) is 22.8 Å². The van der Waals surface area contributed by atoms with Crippen LogP contribution in [-0.2, 0) is 0 Å². The smallest absolute Gasteiger partial charge is 0.145 e. The molecule has 0 saturated carbocycles. The van der Waals surface area contributed by atoms with E-state index in [0.717, 1.165) is 28.1 Å². The SMILES string of the molecule is c1ccc(-c2nc3cc4cc5c(cc4cc3n2-c2ccccc2)c2ccccc2n5-c2ccccc2)cc1. The van der Waals surface area contributed by atoms with Crippen molar-refractivity contribution in [3.05, 3.63) is 140 Å².